The highest BCUT2D eigenvalue weighted by Crippen LogP contribution is 2.39. The molecular formula is C29H38N6O3S. The van der Waals surface area contributed by atoms with E-state index in [4.69, 9.17) is 15.5 Å². The predicted octanol–water partition coefficient (Wildman–Crippen LogP) is 3.76. The van der Waals surface area contributed by atoms with Gasteiger partial charge in [-0.15, -0.1) is 0 Å². The second kappa shape index (κ2) is 10.7. The number of ether oxygens (including phenoxy) is 1. The molecule has 0 fully saturated rings. The number of nitrogen functional groups attached to an aromatic ring is 1. The first-order chi connectivity index (χ1) is 18.5. The molecule has 2 aromatic heterocycles. The van der Waals surface area contributed by atoms with Crippen LogP contribution < -0.4 is 15.4 Å². The van der Waals surface area contributed by atoms with Gasteiger partial charge in [-0.3, -0.25) is 0 Å². The second-order valence-electron chi connectivity index (χ2n) is 11.6. The predicted molar refractivity (Wildman–Crippen MR) is 154 cm³/mol. The molecule has 39 heavy (non-hydrogen) atoms. The van der Waals surface area contributed by atoms with Crippen molar-refractivity contribution in [3.63, 3.8) is 0 Å². The Kier molecular flexibility index (Phi) is 7.52. The van der Waals surface area contributed by atoms with Gasteiger partial charge in [-0.25, -0.2) is 23.4 Å². The number of hydrogen-bond donors (Lipinski definition) is 1. The number of nitrogens with two attached hydrogens (primary N) is 1. The Morgan fingerprint density at radius 1 is 1.13 bits per heavy atom. The maximum absolute atomic E-state index is 13.1. The number of nitrogens with zero attached hydrogens (tertiary/aromatic N) is 5. The first-order valence-electron chi connectivity index (χ1n) is 13.5. The minimum Gasteiger partial charge on any atom is -0.491 e. The van der Waals surface area contributed by atoms with Gasteiger partial charge in [0.15, 0.2) is 9.84 Å². The van der Waals surface area contributed by atoms with Crippen molar-refractivity contribution in [3.8, 4) is 16.9 Å². The fourth-order valence-corrected chi connectivity index (χ4v) is 6.84. The molecule has 0 radical (unpaired) electrons. The number of benzene rings is 1. The molecule has 0 saturated heterocycles. The van der Waals surface area contributed by atoms with Gasteiger partial charge in [0.25, 0.3) is 0 Å². The Morgan fingerprint density at radius 2 is 1.95 bits per heavy atom. The average molecular weight is 551 g/mol. The maximum atomic E-state index is 13.1. The number of anilines is 2. The molecule has 208 valence electrons. The largest absolute Gasteiger partial charge is 0.491 e. The standard InChI is InChI=1S/C29H38N6O3S/c1-29(2)9-8-24-23(16-29)28(33-19-32-24)35-11-12-38-25-7-6-20(14-22(25)18-35)21-15-26(27(30)31-17-21)39(36,37)13-5-10-34(3)4/h6-7,14-15,17,19H,5,8-13,16,18H2,1-4H3,(H2,30,31). The van der Waals surface area contributed by atoms with Crippen LogP contribution in [0.1, 0.15) is 43.5 Å². The van der Waals surface area contributed by atoms with E-state index in [2.05, 4.69) is 34.8 Å². The SMILES string of the molecule is CN(C)CCCS(=O)(=O)c1cc(-c2ccc3c(c2)CN(c2ncnc4c2CC(C)(C)CC4)CCO3)cnc1N. The number of sulfone groups is 1. The third kappa shape index (κ3) is 6.01. The van der Waals surface area contributed by atoms with Crippen LogP contribution in [0, 0.1) is 5.41 Å². The van der Waals surface area contributed by atoms with E-state index in [9.17, 15) is 8.42 Å². The molecule has 1 aromatic carbocycles. The Labute approximate surface area is 231 Å². The number of aromatic nitrogens is 3. The van der Waals surface area contributed by atoms with Gasteiger partial charge < -0.3 is 20.3 Å². The van der Waals surface area contributed by atoms with Gasteiger partial charge in [0.2, 0.25) is 0 Å². The summed E-state index contributed by atoms with van der Waals surface area (Å²) in [5.41, 5.74) is 11.2. The van der Waals surface area contributed by atoms with E-state index in [1.807, 2.05) is 31.1 Å². The highest BCUT2D eigenvalue weighted by Gasteiger charge is 2.31. The molecule has 5 rings (SSSR count). The minimum atomic E-state index is -3.56. The molecule has 9 nitrogen and oxygen atoms in total. The van der Waals surface area contributed by atoms with Crippen LogP contribution in [0.25, 0.3) is 11.1 Å². The van der Waals surface area contributed by atoms with Gasteiger partial charge in [-0.1, -0.05) is 19.9 Å². The van der Waals surface area contributed by atoms with Crippen LogP contribution in [0.3, 0.4) is 0 Å². The third-order valence-corrected chi connectivity index (χ3v) is 9.44. The van der Waals surface area contributed by atoms with Crippen molar-refractivity contribution in [3.05, 3.63) is 53.6 Å². The molecule has 1 aliphatic carbocycles. The van der Waals surface area contributed by atoms with Gasteiger partial charge in [0.1, 0.15) is 35.2 Å². The first-order valence-corrected chi connectivity index (χ1v) is 15.1. The molecule has 0 spiro atoms. The van der Waals surface area contributed by atoms with Crippen LogP contribution >= 0.6 is 0 Å². The van der Waals surface area contributed by atoms with Crippen molar-refractivity contribution in [2.45, 2.75) is 51.0 Å². The van der Waals surface area contributed by atoms with Crippen molar-refractivity contribution in [1.82, 2.24) is 19.9 Å². The Morgan fingerprint density at radius 3 is 2.74 bits per heavy atom. The summed E-state index contributed by atoms with van der Waals surface area (Å²) in [7, 11) is 0.282. The lowest BCUT2D eigenvalue weighted by atomic mass is 9.76. The summed E-state index contributed by atoms with van der Waals surface area (Å²) < 4.78 is 32.3. The zero-order valence-corrected chi connectivity index (χ0v) is 24.1. The summed E-state index contributed by atoms with van der Waals surface area (Å²) >= 11 is 0. The molecule has 2 aliphatic rings. The molecule has 3 aromatic rings. The molecule has 0 saturated carbocycles. The lowest BCUT2D eigenvalue weighted by Gasteiger charge is -2.33. The van der Waals surface area contributed by atoms with Crippen LogP contribution in [-0.4, -0.2) is 67.8 Å². The van der Waals surface area contributed by atoms with Crippen molar-refractivity contribution in [1.29, 1.82) is 0 Å². The van der Waals surface area contributed by atoms with Gasteiger partial charge in [-0.05, 0) is 75.5 Å². The maximum Gasteiger partial charge on any atom is 0.182 e. The van der Waals surface area contributed by atoms with Crippen molar-refractivity contribution >= 4 is 21.5 Å². The Hall–Kier alpha value is -3.24. The summed E-state index contributed by atoms with van der Waals surface area (Å²) in [5.74, 6) is 1.86. The molecule has 3 heterocycles. The van der Waals surface area contributed by atoms with Crippen LogP contribution in [0.2, 0.25) is 0 Å². The fourth-order valence-electron chi connectivity index (χ4n) is 5.43. The van der Waals surface area contributed by atoms with Gasteiger partial charge in [0.05, 0.1) is 12.3 Å². The fraction of sp³-hybridized carbons (Fsp3) is 0.483. The molecule has 0 atom stereocenters. The number of fused-ring (bicyclic) bond motifs is 2. The molecule has 0 unspecified atom stereocenters. The van der Waals surface area contributed by atoms with E-state index in [1.54, 1.807) is 18.6 Å². The summed E-state index contributed by atoms with van der Waals surface area (Å²) in [4.78, 5) is 17.9. The Bertz CT molecular complexity index is 1470. The summed E-state index contributed by atoms with van der Waals surface area (Å²) in [6.45, 7) is 7.18. The topological polar surface area (TPSA) is 115 Å². The van der Waals surface area contributed by atoms with Gasteiger partial charge >= 0.3 is 0 Å². The lowest BCUT2D eigenvalue weighted by molar-refractivity contribution is 0.310. The lowest BCUT2D eigenvalue weighted by Crippen LogP contribution is -2.31. The van der Waals surface area contributed by atoms with Crippen molar-refractivity contribution < 1.29 is 13.2 Å². The monoisotopic (exact) mass is 550 g/mol. The van der Waals surface area contributed by atoms with Gasteiger partial charge in [-0.2, -0.15) is 0 Å². The van der Waals surface area contributed by atoms with Crippen LogP contribution in [0.15, 0.2) is 41.7 Å². The molecule has 0 bridgehead atoms. The normalized spacial score (nSPS) is 16.8. The summed E-state index contributed by atoms with van der Waals surface area (Å²) in [6.07, 6.45) is 6.87. The van der Waals surface area contributed by atoms with E-state index in [0.29, 0.717) is 38.2 Å². The molecule has 2 N–H and O–H groups in total. The average Bonchev–Trinajstić information content (AvgIpc) is 3.09. The van der Waals surface area contributed by atoms with Crippen LogP contribution in [0.4, 0.5) is 11.6 Å². The van der Waals surface area contributed by atoms with E-state index in [-0.39, 0.29) is 21.9 Å². The second-order valence-corrected chi connectivity index (χ2v) is 13.7. The van der Waals surface area contributed by atoms with Gasteiger partial charge in [0, 0.05) is 35.1 Å². The van der Waals surface area contributed by atoms with E-state index < -0.39 is 9.84 Å². The van der Waals surface area contributed by atoms with Crippen molar-refractivity contribution in [2.24, 2.45) is 5.41 Å². The first kappa shape index (κ1) is 27.3. The van der Waals surface area contributed by atoms with E-state index in [0.717, 1.165) is 47.7 Å². The quantitative estimate of drug-likeness (QED) is 0.470. The summed E-state index contributed by atoms with van der Waals surface area (Å²) in [5, 5.41) is 0. The van der Waals surface area contributed by atoms with E-state index >= 15 is 0 Å². The number of aryl methyl sites for hydroxylation is 1. The molecule has 0 amide bonds. The zero-order valence-electron chi connectivity index (χ0n) is 23.3. The van der Waals surface area contributed by atoms with E-state index in [1.165, 1.54) is 5.56 Å². The highest BCUT2D eigenvalue weighted by molar-refractivity contribution is 7.91. The number of rotatable bonds is 7. The minimum absolute atomic E-state index is 0.0214. The molecular weight excluding hydrogens is 512 g/mol. The smallest absolute Gasteiger partial charge is 0.182 e. The number of pyridine rings is 1. The van der Waals surface area contributed by atoms with Crippen molar-refractivity contribution in [2.75, 3.05) is 50.2 Å². The number of hydrogen-bond acceptors (Lipinski definition) is 9. The van der Waals surface area contributed by atoms with Crippen LogP contribution in [0.5, 0.6) is 5.75 Å². The molecule has 10 heteroatoms. The van der Waals surface area contributed by atoms with Crippen LogP contribution in [-0.2, 0) is 29.2 Å². The highest BCUT2D eigenvalue weighted by atomic mass is 32.2. The zero-order chi connectivity index (χ0) is 27.8. The molecule has 1 aliphatic heterocycles. The third-order valence-electron chi connectivity index (χ3n) is 7.61. The summed E-state index contributed by atoms with van der Waals surface area (Å²) in [6, 6.07) is 7.60. The Balaban J connectivity index is 1.45.